The Morgan fingerprint density at radius 1 is 1.32 bits per heavy atom. The topological polar surface area (TPSA) is 122 Å². The van der Waals surface area contributed by atoms with E-state index in [1.54, 1.807) is 27.0 Å². The molecule has 1 fully saturated rings. The summed E-state index contributed by atoms with van der Waals surface area (Å²) in [7, 11) is 1.60. The van der Waals surface area contributed by atoms with E-state index in [-0.39, 0.29) is 36.2 Å². The molecule has 0 aliphatic carbocycles. The maximum atomic E-state index is 12.6. The van der Waals surface area contributed by atoms with Gasteiger partial charge in [-0.15, -0.1) is 0 Å². The zero-order valence-corrected chi connectivity index (χ0v) is 18.8. The fourth-order valence-corrected chi connectivity index (χ4v) is 3.78. The number of carbonyl (C=O) groups excluding carboxylic acids is 2. The van der Waals surface area contributed by atoms with Crippen LogP contribution in [-0.2, 0) is 15.9 Å². The summed E-state index contributed by atoms with van der Waals surface area (Å²) in [5, 5.41) is 3.29. The van der Waals surface area contributed by atoms with Crippen LogP contribution in [0, 0.1) is 6.92 Å². The summed E-state index contributed by atoms with van der Waals surface area (Å²) in [6.07, 6.45) is 0.997. The van der Waals surface area contributed by atoms with Gasteiger partial charge in [0.15, 0.2) is 16.7 Å². The molecule has 0 bridgehead atoms. The first-order valence-corrected chi connectivity index (χ1v) is 10.6. The van der Waals surface area contributed by atoms with Crippen molar-refractivity contribution in [3.05, 3.63) is 34.3 Å². The molecule has 0 aromatic carbocycles. The zero-order valence-electron chi connectivity index (χ0n) is 18.1. The summed E-state index contributed by atoms with van der Waals surface area (Å²) in [6.45, 7) is 6.78. The van der Waals surface area contributed by atoms with Crippen molar-refractivity contribution in [3.63, 3.8) is 0 Å². The van der Waals surface area contributed by atoms with Crippen LogP contribution in [0.5, 0.6) is 0 Å². The summed E-state index contributed by atoms with van der Waals surface area (Å²) in [5.74, 6) is 0.469. The number of aromatic amines is 1. The number of H-pyrrole nitrogens is 1. The van der Waals surface area contributed by atoms with Gasteiger partial charge in [0.05, 0.1) is 24.4 Å². The number of nitrogens with zero attached hydrogens (tertiary/aromatic N) is 4. The number of piperidine rings is 1. The van der Waals surface area contributed by atoms with Crippen LogP contribution in [0.25, 0.3) is 0 Å². The lowest BCUT2D eigenvalue weighted by Gasteiger charge is -2.38. The molecule has 3 rings (SSSR count). The van der Waals surface area contributed by atoms with Crippen LogP contribution in [0.2, 0.25) is 5.15 Å². The Kier molecular flexibility index (Phi) is 7.45. The minimum Gasteiger partial charge on any atom is -0.461 e. The average molecular weight is 451 g/mol. The van der Waals surface area contributed by atoms with Crippen molar-refractivity contribution in [1.82, 2.24) is 25.3 Å². The molecule has 1 amide bonds. The molecule has 1 saturated heterocycles. The maximum absolute atomic E-state index is 12.6. The Hall–Kier alpha value is -2.72. The number of carbonyl (C=O) groups is 2. The largest absolute Gasteiger partial charge is 0.461 e. The molecule has 2 unspecified atom stereocenters. The van der Waals surface area contributed by atoms with Crippen molar-refractivity contribution in [1.29, 1.82) is 0 Å². The summed E-state index contributed by atoms with van der Waals surface area (Å²) < 4.78 is 10.7. The second kappa shape index (κ2) is 10.1. The summed E-state index contributed by atoms with van der Waals surface area (Å²) >= 11 is 6.04. The third-order valence-corrected chi connectivity index (χ3v) is 5.42. The molecule has 11 heteroatoms. The van der Waals surface area contributed by atoms with Gasteiger partial charge in [0.2, 0.25) is 0 Å². The van der Waals surface area contributed by atoms with Crippen molar-refractivity contribution in [2.75, 3.05) is 31.7 Å². The van der Waals surface area contributed by atoms with Gasteiger partial charge in [0.1, 0.15) is 11.6 Å². The molecule has 2 aromatic rings. The Balaban J connectivity index is 1.70. The standard InChI is InChI=1S/C20H27ClN6O4/c1-5-12-17(21)26-18(24-12)19(28)25-13-7-8-27(10-15(13)30-4)16-9-14(20(29)31-6-2)22-11(3)23-16/h9,13,15H,5-8,10H2,1-4H3,(H,24,26)(H,25,28). The predicted molar refractivity (Wildman–Crippen MR) is 115 cm³/mol. The van der Waals surface area contributed by atoms with E-state index in [4.69, 9.17) is 21.1 Å². The minimum atomic E-state index is -0.483. The molecule has 0 radical (unpaired) electrons. The van der Waals surface area contributed by atoms with Crippen molar-refractivity contribution >= 4 is 29.3 Å². The smallest absolute Gasteiger partial charge is 0.357 e. The number of nitrogens with one attached hydrogen (secondary N) is 2. The maximum Gasteiger partial charge on any atom is 0.357 e. The number of hydrogen-bond acceptors (Lipinski definition) is 8. The van der Waals surface area contributed by atoms with E-state index >= 15 is 0 Å². The number of aromatic nitrogens is 4. The van der Waals surface area contributed by atoms with E-state index in [2.05, 4.69) is 25.3 Å². The number of esters is 1. The number of amides is 1. The lowest BCUT2D eigenvalue weighted by atomic mass is 10.0. The van der Waals surface area contributed by atoms with Crippen LogP contribution in [-0.4, -0.2) is 70.8 Å². The molecule has 2 atom stereocenters. The van der Waals surface area contributed by atoms with E-state index in [1.165, 1.54) is 0 Å². The Morgan fingerprint density at radius 3 is 2.74 bits per heavy atom. The molecule has 1 aliphatic rings. The number of methoxy groups -OCH3 is 1. The monoisotopic (exact) mass is 450 g/mol. The van der Waals surface area contributed by atoms with Gasteiger partial charge < -0.3 is 24.7 Å². The third kappa shape index (κ3) is 5.31. The molecule has 0 saturated carbocycles. The van der Waals surface area contributed by atoms with E-state index in [9.17, 15) is 9.59 Å². The van der Waals surface area contributed by atoms with Crippen LogP contribution < -0.4 is 10.2 Å². The van der Waals surface area contributed by atoms with Crippen molar-refractivity contribution in [2.45, 2.75) is 45.8 Å². The summed E-state index contributed by atoms with van der Waals surface area (Å²) in [4.78, 5) is 42.4. The van der Waals surface area contributed by atoms with Gasteiger partial charge in [-0.05, 0) is 26.7 Å². The normalized spacial score (nSPS) is 18.7. The van der Waals surface area contributed by atoms with Crippen LogP contribution >= 0.6 is 11.6 Å². The summed E-state index contributed by atoms with van der Waals surface area (Å²) in [6, 6.07) is 1.41. The average Bonchev–Trinajstić information content (AvgIpc) is 3.14. The molecule has 2 aromatic heterocycles. The predicted octanol–water partition coefficient (Wildman–Crippen LogP) is 1.92. The first-order chi connectivity index (χ1) is 14.9. The van der Waals surface area contributed by atoms with Gasteiger partial charge in [-0.1, -0.05) is 18.5 Å². The Morgan fingerprint density at radius 2 is 2.10 bits per heavy atom. The van der Waals surface area contributed by atoms with Crippen molar-refractivity contribution in [2.24, 2.45) is 0 Å². The molecule has 10 nitrogen and oxygen atoms in total. The minimum absolute atomic E-state index is 0.185. The fraction of sp³-hybridized carbons (Fsp3) is 0.550. The molecule has 2 N–H and O–H groups in total. The SMILES string of the molecule is CCOC(=O)c1cc(N2CCC(NC(=O)c3nc(Cl)c(CC)[nH]3)C(OC)C2)nc(C)n1. The first kappa shape index (κ1) is 23.0. The number of aryl methyl sites for hydroxylation is 2. The molecule has 0 spiro atoms. The van der Waals surface area contributed by atoms with Crippen molar-refractivity contribution < 1.29 is 19.1 Å². The number of rotatable bonds is 7. The molecular formula is C20H27ClN6O4. The van der Waals surface area contributed by atoms with Gasteiger partial charge in [0, 0.05) is 26.3 Å². The van der Waals surface area contributed by atoms with Crippen LogP contribution in [0.3, 0.4) is 0 Å². The highest BCUT2D eigenvalue weighted by Crippen LogP contribution is 2.22. The zero-order chi connectivity index (χ0) is 22.5. The third-order valence-electron chi connectivity index (χ3n) is 5.11. The van der Waals surface area contributed by atoms with Gasteiger partial charge in [0.25, 0.3) is 5.91 Å². The molecule has 31 heavy (non-hydrogen) atoms. The first-order valence-electron chi connectivity index (χ1n) is 10.2. The van der Waals surface area contributed by atoms with E-state index in [1.807, 2.05) is 11.8 Å². The van der Waals surface area contributed by atoms with E-state index in [0.717, 1.165) is 5.69 Å². The highest BCUT2D eigenvalue weighted by Gasteiger charge is 2.32. The lowest BCUT2D eigenvalue weighted by molar-refractivity contribution is 0.0515. The van der Waals surface area contributed by atoms with Crippen LogP contribution in [0.15, 0.2) is 6.07 Å². The molecular weight excluding hydrogens is 424 g/mol. The highest BCUT2D eigenvalue weighted by molar-refractivity contribution is 6.30. The number of anilines is 1. The number of halogens is 1. The number of ether oxygens (including phenoxy) is 2. The second-order valence-electron chi connectivity index (χ2n) is 7.18. The van der Waals surface area contributed by atoms with Gasteiger partial charge in [-0.3, -0.25) is 4.79 Å². The molecule has 168 valence electrons. The quantitative estimate of drug-likeness (QED) is 0.613. The molecule has 3 heterocycles. The number of imidazole rings is 1. The van der Waals surface area contributed by atoms with Gasteiger partial charge in [-0.25, -0.2) is 19.7 Å². The van der Waals surface area contributed by atoms with Crippen LogP contribution in [0.4, 0.5) is 5.82 Å². The Labute approximate surface area is 185 Å². The lowest BCUT2D eigenvalue weighted by Crippen LogP contribution is -2.55. The Bertz CT molecular complexity index is 950. The fourth-order valence-electron chi connectivity index (χ4n) is 3.52. The van der Waals surface area contributed by atoms with Crippen molar-refractivity contribution in [3.8, 4) is 0 Å². The summed E-state index contributed by atoms with van der Waals surface area (Å²) in [5.41, 5.74) is 0.941. The van der Waals surface area contributed by atoms with E-state index in [0.29, 0.717) is 42.7 Å². The van der Waals surface area contributed by atoms with E-state index < -0.39 is 5.97 Å². The highest BCUT2D eigenvalue weighted by atomic mass is 35.5. The number of hydrogen-bond donors (Lipinski definition) is 2. The van der Waals surface area contributed by atoms with Gasteiger partial charge in [-0.2, -0.15) is 0 Å². The van der Waals surface area contributed by atoms with Crippen LogP contribution in [0.1, 0.15) is 52.9 Å². The van der Waals surface area contributed by atoms with Gasteiger partial charge >= 0.3 is 5.97 Å². The molecule has 1 aliphatic heterocycles. The second-order valence-corrected chi connectivity index (χ2v) is 7.53.